The maximum atomic E-state index is 13.7. The number of halogens is 2. The zero-order chi connectivity index (χ0) is 11.8. The number of hydrogen-bond acceptors (Lipinski definition) is 1. The predicted octanol–water partition coefficient (Wildman–Crippen LogP) is 3.28. The van der Waals surface area contributed by atoms with E-state index in [1.165, 1.54) is 24.4 Å². The highest BCUT2D eigenvalue weighted by atomic mass is 19.1. The summed E-state index contributed by atoms with van der Waals surface area (Å²) in [5.74, 6) is -0.759. The van der Waals surface area contributed by atoms with Gasteiger partial charge in [0.1, 0.15) is 5.82 Å². The molecule has 2 nitrogen and oxygen atoms in total. The maximum Gasteiger partial charge on any atom is 0.173 e. The zero-order valence-electron chi connectivity index (χ0n) is 8.77. The first-order chi connectivity index (χ1) is 8.24. The lowest BCUT2D eigenvalue weighted by atomic mass is 10.1. The fourth-order valence-electron chi connectivity index (χ4n) is 1.82. The summed E-state index contributed by atoms with van der Waals surface area (Å²) in [5, 5.41) is 0. The molecule has 0 bridgehead atoms. The minimum absolute atomic E-state index is 0.269. The fourth-order valence-corrected chi connectivity index (χ4v) is 1.82. The molecule has 0 aliphatic rings. The van der Waals surface area contributed by atoms with Gasteiger partial charge in [0.25, 0.3) is 0 Å². The van der Waals surface area contributed by atoms with Gasteiger partial charge in [-0.1, -0.05) is 12.1 Å². The Bertz CT molecular complexity index is 689. The van der Waals surface area contributed by atoms with Gasteiger partial charge in [0.05, 0.1) is 0 Å². The van der Waals surface area contributed by atoms with Crippen molar-refractivity contribution < 1.29 is 8.78 Å². The number of aromatic nitrogens is 2. The number of fused-ring (bicyclic) bond motifs is 1. The second-order valence-electron chi connectivity index (χ2n) is 3.75. The molecule has 84 valence electrons. The average Bonchev–Trinajstić information content (AvgIpc) is 2.77. The summed E-state index contributed by atoms with van der Waals surface area (Å²) in [5.41, 5.74) is 1.53. The van der Waals surface area contributed by atoms with Crippen molar-refractivity contribution in [1.82, 2.24) is 9.38 Å². The molecule has 17 heavy (non-hydrogen) atoms. The van der Waals surface area contributed by atoms with E-state index >= 15 is 0 Å². The molecule has 3 aromatic rings. The molecular weight excluding hydrogens is 222 g/mol. The summed E-state index contributed by atoms with van der Waals surface area (Å²) in [6.45, 7) is 0. The van der Waals surface area contributed by atoms with Crippen LogP contribution in [0.3, 0.4) is 0 Å². The Hall–Kier alpha value is -2.23. The second kappa shape index (κ2) is 3.66. The van der Waals surface area contributed by atoms with Gasteiger partial charge in [-0.2, -0.15) is 0 Å². The van der Waals surface area contributed by atoms with Crippen LogP contribution in [-0.2, 0) is 0 Å². The van der Waals surface area contributed by atoms with Crippen LogP contribution in [0.2, 0.25) is 0 Å². The van der Waals surface area contributed by atoms with Crippen molar-refractivity contribution in [3.05, 3.63) is 60.6 Å². The molecule has 2 aromatic heterocycles. The van der Waals surface area contributed by atoms with E-state index in [0.717, 1.165) is 0 Å². The molecular formula is C13H8F2N2. The van der Waals surface area contributed by atoms with Crippen LogP contribution in [0.4, 0.5) is 8.78 Å². The van der Waals surface area contributed by atoms with Gasteiger partial charge in [-0.15, -0.1) is 0 Å². The van der Waals surface area contributed by atoms with Crippen LogP contribution >= 0.6 is 0 Å². The molecule has 0 saturated heterocycles. The van der Waals surface area contributed by atoms with Gasteiger partial charge in [-0.05, 0) is 23.8 Å². The minimum atomic E-state index is -0.420. The summed E-state index contributed by atoms with van der Waals surface area (Å²) in [4.78, 5) is 3.88. The molecule has 0 aliphatic carbocycles. The van der Waals surface area contributed by atoms with E-state index in [-0.39, 0.29) is 11.5 Å². The quantitative estimate of drug-likeness (QED) is 0.627. The van der Waals surface area contributed by atoms with Gasteiger partial charge in [-0.25, -0.2) is 13.8 Å². The summed E-state index contributed by atoms with van der Waals surface area (Å²) in [7, 11) is 0. The van der Waals surface area contributed by atoms with Crippen LogP contribution < -0.4 is 0 Å². The van der Waals surface area contributed by atoms with E-state index in [0.29, 0.717) is 11.1 Å². The van der Waals surface area contributed by atoms with E-state index < -0.39 is 5.82 Å². The van der Waals surface area contributed by atoms with Crippen molar-refractivity contribution >= 4 is 5.65 Å². The third-order valence-electron chi connectivity index (χ3n) is 2.60. The summed E-state index contributed by atoms with van der Waals surface area (Å²) >= 11 is 0. The van der Waals surface area contributed by atoms with E-state index in [1.807, 2.05) is 0 Å². The molecule has 2 heterocycles. The summed E-state index contributed by atoms with van der Waals surface area (Å²) in [6.07, 6.45) is 4.90. The van der Waals surface area contributed by atoms with Crippen LogP contribution in [0, 0.1) is 11.6 Å². The van der Waals surface area contributed by atoms with E-state index in [4.69, 9.17) is 0 Å². The van der Waals surface area contributed by atoms with E-state index in [1.54, 1.807) is 28.9 Å². The lowest BCUT2D eigenvalue weighted by Crippen LogP contribution is -1.91. The number of rotatable bonds is 1. The van der Waals surface area contributed by atoms with E-state index in [9.17, 15) is 8.78 Å². The first-order valence-electron chi connectivity index (χ1n) is 5.12. The van der Waals surface area contributed by atoms with Crippen molar-refractivity contribution in [2.45, 2.75) is 0 Å². The molecule has 3 rings (SSSR count). The molecule has 0 radical (unpaired) electrons. The second-order valence-corrected chi connectivity index (χ2v) is 3.75. The normalized spacial score (nSPS) is 10.9. The standard InChI is InChI=1S/C13H8F2N2/c14-11-3-1-2-9(6-11)10-7-12(15)13-16-4-5-17(13)8-10/h1-8H. The summed E-state index contributed by atoms with van der Waals surface area (Å²) < 4.78 is 28.4. The maximum absolute atomic E-state index is 13.7. The number of pyridine rings is 1. The van der Waals surface area contributed by atoms with Crippen LogP contribution in [0.15, 0.2) is 48.9 Å². The molecule has 0 amide bonds. The van der Waals surface area contributed by atoms with Crippen molar-refractivity contribution in [3.8, 4) is 11.1 Å². The van der Waals surface area contributed by atoms with Gasteiger partial charge in [0, 0.05) is 24.2 Å². The van der Waals surface area contributed by atoms with Crippen LogP contribution in [0.25, 0.3) is 16.8 Å². The molecule has 0 N–H and O–H groups in total. The van der Waals surface area contributed by atoms with Gasteiger partial charge in [0.2, 0.25) is 0 Å². The minimum Gasteiger partial charge on any atom is -0.304 e. The number of hydrogen-bond donors (Lipinski definition) is 0. The Kier molecular flexibility index (Phi) is 2.14. The highest BCUT2D eigenvalue weighted by Crippen LogP contribution is 2.22. The predicted molar refractivity (Wildman–Crippen MR) is 60.5 cm³/mol. The Labute approximate surface area is 96.2 Å². The SMILES string of the molecule is Fc1cccc(-c2cc(F)c3nccn3c2)c1. The zero-order valence-corrected chi connectivity index (χ0v) is 8.77. The number of nitrogens with zero attached hydrogens (tertiary/aromatic N) is 2. The van der Waals surface area contributed by atoms with Crippen molar-refractivity contribution in [1.29, 1.82) is 0 Å². The average molecular weight is 230 g/mol. The van der Waals surface area contributed by atoms with Gasteiger partial charge in [0.15, 0.2) is 11.5 Å². The largest absolute Gasteiger partial charge is 0.304 e. The number of benzene rings is 1. The Morgan fingerprint density at radius 1 is 1.06 bits per heavy atom. The molecule has 4 heteroatoms. The Morgan fingerprint density at radius 3 is 2.76 bits per heavy atom. The molecule has 0 fully saturated rings. The third kappa shape index (κ3) is 1.67. The highest BCUT2D eigenvalue weighted by Gasteiger charge is 2.06. The van der Waals surface area contributed by atoms with Crippen molar-refractivity contribution in [2.24, 2.45) is 0 Å². The topological polar surface area (TPSA) is 17.3 Å². The van der Waals surface area contributed by atoms with Gasteiger partial charge in [-0.3, -0.25) is 0 Å². The first-order valence-corrected chi connectivity index (χ1v) is 5.12. The first kappa shape index (κ1) is 9.96. The smallest absolute Gasteiger partial charge is 0.173 e. The third-order valence-corrected chi connectivity index (χ3v) is 2.60. The fraction of sp³-hybridized carbons (Fsp3) is 0. The van der Waals surface area contributed by atoms with Crippen molar-refractivity contribution in [2.75, 3.05) is 0 Å². The molecule has 0 atom stereocenters. The summed E-state index contributed by atoms with van der Waals surface area (Å²) in [6, 6.07) is 7.42. The molecule has 0 spiro atoms. The van der Waals surface area contributed by atoms with Crippen LogP contribution in [0.5, 0.6) is 0 Å². The monoisotopic (exact) mass is 230 g/mol. The molecule has 0 aliphatic heterocycles. The van der Waals surface area contributed by atoms with Crippen LogP contribution in [0.1, 0.15) is 0 Å². The van der Waals surface area contributed by atoms with Gasteiger partial charge < -0.3 is 4.40 Å². The Balaban J connectivity index is 2.23. The molecule has 0 unspecified atom stereocenters. The number of imidazole rings is 1. The lowest BCUT2D eigenvalue weighted by Gasteiger charge is -2.04. The lowest BCUT2D eigenvalue weighted by molar-refractivity contribution is 0.626. The van der Waals surface area contributed by atoms with Crippen molar-refractivity contribution in [3.63, 3.8) is 0 Å². The van der Waals surface area contributed by atoms with Gasteiger partial charge >= 0.3 is 0 Å². The highest BCUT2D eigenvalue weighted by molar-refractivity contribution is 5.65. The molecule has 0 saturated carbocycles. The molecule has 1 aromatic carbocycles. The van der Waals surface area contributed by atoms with Crippen LogP contribution in [-0.4, -0.2) is 9.38 Å². The Morgan fingerprint density at radius 2 is 1.94 bits per heavy atom. The van der Waals surface area contributed by atoms with E-state index in [2.05, 4.69) is 4.98 Å².